The summed E-state index contributed by atoms with van der Waals surface area (Å²) in [7, 11) is 0. The molecule has 2 saturated heterocycles. The number of carbonyl (C=O) groups excluding carboxylic acids is 1. The minimum Gasteiger partial charge on any atom is -0.394 e. The lowest BCUT2D eigenvalue weighted by Crippen LogP contribution is -2.65. The number of hydrogen-bond donors (Lipinski definition) is 9. The van der Waals surface area contributed by atoms with Gasteiger partial charge in [0, 0.05) is 6.42 Å². The second-order valence-electron chi connectivity index (χ2n) is 18.6. The fourth-order valence-electron chi connectivity index (χ4n) is 8.05. The summed E-state index contributed by atoms with van der Waals surface area (Å²) in [5.74, 6) is -0.270. The Morgan fingerprint density at radius 2 is 0.972 bits per heavy atom. The molecule has 0 aliphatic carbocycles. The van der Waals surface area contributed by atoms with Gasteiger partial charge in [-0.3, -0.25) is 4.79 Å². The number of aliphatic hydroxyl groups excluding tert-OH is 8. The van der Waals surface area contributed by atoms with Crippen molar-refractivity contribution in [2.75, 3.05) is 19.8 Å². The molecule has 0 bridgehead atoms. The summed E-state index contributed by atoms with van der Waals surface area (Å²) >= 11 is 0. The number of carbonyl (C=O) groups is 1. The molecule has 9 N–H and O–H groups in total. The molecule has 12 atom stereocenters. The van der Waals surface area contributed by atoms with Gasteiger partial charge in [-0.2, -0.15) is 0 Å². The smallest absolute Gasteiger partial charge is 0.220 e. The minimum atomic E-state index is -1.80. The van der Waals surface area contributed by atoms with Crippen molar-refractivity contribution in [2.45, 2.75) is 229 Å². The molecule has 0 radical (unpaired) electrons. The summed E-state index contributed by atoms with van der Waals surface area (Å²) in [4.78, 5) is 13.2. The minimum absolute atomic E-state index is 0.252. The molecule has 2 rings (SSSR count). The van der Waals surface area contributed by atoms with E-state index in [1.54, 1.807) is 6.08 Å². The van der Waals surface area contributed by atoms with Gasteiger partial charge in [-0.25, -0.2) is 0 Å². The van der Waals surface area contributed by atoms with Gasteiger partial charge in [-0.1, -0.05) is 168 Å². The van der Waals surface area contributed by atoms with Crippen LogP contribution in [0, 0.1) is 0 Å². The second-order valence-corrected chi connectivity index (χ2v) is 18.6. The number of aliphatic hydroxyl groups is 8. The van der Waals surface area contributed by atoms with Gasteiger partial charge in [0.25, 0.3) is 0 Å². The summed E-state index contributed by atoms with van der Waals surface area (Å²) in [5, 5.41) is 86.6. The van der Waals surface area contributed by atoms with E-state index >= 15 is 0 Å². The van der Waals surface area contributed by atoms with Crippen molar-refractivity contribution in [3.63, 3.8) is 0 Å². The van der Waals surface area contributed by atoms with Crippen LogP contribution in [0.5, 0.6) is 0 Å². The normalized spacial score (nSPS) is 26.5. The molecule has 0 spiro atoms. The van der Waals surface area contributed by atoms with Crippen LogP contribution in [-0.2, 0) is 23.7 Å². The van der Waals surface area contributed by atoms with Crippen LogP contribution in [0.15, 0.2) is 109 Å². The molecular weight excluding hydrogens is 919 g/mol. The van der Waals surface area contributed by atoms with Crippen molar-refractivity contribution in [3.05, 3.63) is 109 Å². The van der Waals surface area contributed by atoms with Crippen LogP contribution in [0.2, 0.25) is 0 Å². The van der Waals surface area contributed by atoms with E-state index in [1.807, 2.05) is 6.08 Å². The molecule has 1 amide bonds. The molecule has 2 aliphatic heterocycles. The van der Waals surface area contributed by atoms with E-state index in [9.17, 15) is 45.6 Å². The lowest BCUT2D eigenvalue weighted by molar-refractivity contribution is -0.359. The van der Waals surface area contributed by atoms with Gasteiger partial charge >= 0.3 is 0 Å². The van der Waals surface area contributed by atoms with Gasteiger partial charge in [0.1, 0.15) is 48.8 Å². The van der Waals surface area contributed by atoms with E-state index in [1.165, 1.54) is 6.42 Å². The lowest BCUT2D eigenvalue weighted by atomic mass is 9.97. The number of hydrogen-bond acceptors (Lipinski definition) is 13. The first kappa shape index (κ1) is 64.8. The third-order valence-corrected chi connectivity index (χ3v) is 12.4. The van der Waals surface area contributed by atoms with Crippen LogP contribution in [0.3, 0.4) is 0 Å². The highest BCUT2D eigenvalue weighted by Gasteiger charge is 2.51. The number of rotatable bonds is 40. The Morgan fingerprint density at radius 3 is 1.53 bits per heavy atom. The first-order chi connectivity index (χ1) is 35.1. The zero-order chi connectivity index (χ0) is 52.4. The highest BCUT2D eigenvalue weighted by Crippen LogP contribution is 2.30. The molecular formula is C58H95NO13. The second kappa shape index (κ2) is 42.9. The molecule has 14 heteroatoms. The quantitative estimate of drug-likeness (QED) is 0.0209. The predicted molar refractivity (Wildman–Crippen MR) is 285 cm³/mol. The topological polar surface area (TPSA) is 228 Å². The monoisotopic (exact) mass is 1010 g/mol. The van der Waals surface area contributed by atoms with Crippen LogP contribution in [0.25, 0.3) is 0 Å². The predicted octanol–water partition coefficient (Wildman–Crippen LogP) is 8.10. The number of amides is 1. The maximum absolute atomic E-state index is 13.2. The van der Waals surface area contributed by atoms with Crippen molar-refractivity contribution in [3.8, 4) is 0 Å². The zero-order valence-electron chi connectivity index (χ0n) is 43.6. The van der Waals surface area contributed by atoms with Gasteiger partial charge in [-0.05, 0) is 89.9 Å². The maximum Gasteiger partial charge on any atom is 0.220 e. The molecule has 72 heavy (non-hydrogen) atoms. The molecule has 2 aliphatic rings. The van der Waals surface area contributed by atoms with Gasteiger partial charge < -0.3 is 65.1 Å². The van der Waals surface area contributed by atoms with Crippen molar-refractivity contribution in [2.24, 2.45) is 0 Å². The number of unbranched alkanes of at least 4 members (excludes halogenated alkanes) is 11. The molecule has 0 aromatic rings. The summed E-state index contributed by atoms with van der Waals surface area (Å²) in [6.45, 7) is 2.56. The van der Waals surface area contributed by atoms with Crippen LogP contribution in [0.1, 0.15) is 155 Å². The fraction of sp³-hybridized carbons (Fsp3) is 0.672. The Balaban J connectivity index is 1.72. The third kappa shape index (κ3) is 28.9. The molecule has 410 valence electrons. The van der Waals surface area contributed by atoms with E-state index < -0.39 is 86.8 Å². The van der Waals surface area contributed by atoms with Crippen LogP contribution in [0.4, 0.5) is 0 Å². The molecule has 2 fully saturated rings. The average molecular weight is 1010 g/mol. The lowest BCUT2D eigenvalue weighted by Gasteiger charge is -2.46. The van der Waals surface area contributed by atoms with Gasteiger partial charge in [0.05, 0.1) is 32.0 Å². The Hall–Kier alpha value is -3.35. The first-order valence-corrected chi connectivity index (χ1v) is 27.1. The summed E-state index contributed by atoms with van der Waals surface area (Å²) < 4.78 is 22.6. The van der Waals surface area contributed by atoms with Crippen LogP contribution in [-0.4, -0.2) is 140 Å². The largest absolute Gasteiger partial charge is 0.394 e. The van der Waals surface area contributed by atoms with Gasteiger partial charge in [0.2, 0.25) is 5.91 Å². The van der Waals surface area contributed by atoms with Crippen LogP contribution < -0.4 is 5.32 Å². The third-order valence-electron chi connectivity index (χ3n) is 12.4. The molecule has 0 aromatic carbocycles. The molecule has 0 saturated carbocycles. The number of allylic oxidation sites excluding steroid dienone is 17. The Morgan fingerprint density at radius 1 is 0.514 bits per heavy atom. The highest BCUT2D eigenvalue weighted by atomic mass is 16.7. The van der Waals surface area contributed by atoms with Crippen LogP contribution >= 0.6 is 0 Å². The van der Waals surface area contributed by atoms with E-state index in [-0.39, 0.29) is 18.9 Å². The standard InChI is InChI=1S/C58H95NO13/c1-3-5-7-9-11-13-14-15-16-17-18-19-20-21-22-23-24-25-26-27-28-29-30-31-32-34-36-38-40-42-50(63)59-46(47(62)41-39-37-35-33-12-10-8-6-4-2)45-69-57-55(68)53(66)56(49(44-61)71-57)72-58-54(67)52(65)51(64)48(43-60)70-58/h5,7,11-13,15-16,18-19,21-22,24-25,27-28,33,39,41,46-49,51-58,60-62,64-68H,3-4,6,8-10,14,17,20,23,26,29-32,34-38,40,42-45H2,1-2H3,(H,59,63)/b7-5-,13-11-,16-15-,19-18-,22-21-,25-24-,28-27-,33-12+,41-39+. The summed E-state index contributed by atoms with van der Waals surface area (Å²) in [6.07, 6.45) is 42.9. The molecule has 14 nitrogen and oxygen atoms in total. The Labute approximate surface area is 432 Å². The summed E-state index contributed by atoms with van der Waals surface area (Å²) in [5.41, 5.74) is 0. The highest BCUT2D eigenvalue weighted by molar-refractivity contribution is 5.76. The average Bonchev–Trinajstić information content (AvgIpc) is 3.38. The Kier molecular flexibility index (Phi) is 38.6. The van der Waals surface area contributed by atoms with Crippen molar-refractivity contribution < 1.29 is 64.6 Å². The van der Waals surface area contributed by atoms with Gasteiger partial charge in [0.15, 0.2) is 12.6 Å². The van der Waals surface area contributed by atoms with E-state index in [4.69, 9.17) is 18.9 Å². The van der Waals surface area contributed by atoms with E-state index in [2.05, 4.69) is 116 Å². The first-order valence-electron chi connectivity index (χ1n) is 27.1. The van der Waals surface area contributed by atoms with Crippen molar-refractivity contribution >= 4 is 5.91 Å². The molecule has 2 heterocycles. The van der Waals surface area contributed by atoms with E-state index in [0.717, 1.165) is 116 Å². The number of nitrogens with one attached hydrogen (secondary N) is 1. The summed E-state index contributed by atoms with van der Waals surface area (Å²) in [6, 6.07) is -0.943. The van der Waals surface area contributed by atoms with Crippen molar-refractivity contribution in [1.29, 1.82) is 0 Å². The molecule has 12 unspecified atom stereocenters. The SMILES string of the molecule is CC/C=C\C/C=C\C/C=C\C/C=C\C/C=C\C/C=C\C/C=C\CCCCCCCCCC(=O)NC(COC1OC(CO)C(OC2OC(CO)C(O)C(O)C2O)C(O)C1O)C(O)/C=C/CC/C=C/CCCCC. The zero-order valence-corrected chi connectivity index (χ0v) is 43.6. The maximum atomic E-state index is 13.2. The Bertz CT molecular complexity index is 1620. The number of ether oxygens (including phenoxy) is 4. The fourth-order valence-corrected chi connectivity index (χ4v) is 8.05. The van der Waals surface area contributed by atoms with Crippen molar-refractivity contribution in [1.82, 2.24) is 5.32 Å². The molecule has 0 aromatic heterocycles. The van der Waals surface area contributed by atoms with Gasteiger partial charge in [-0.15, -0.1) is 0 Å². The van der Waals surface area contributed by atoms with E-state index in [0.29, 0.717) is 12.8 Å².